The van der Waals surface area contributed by atoms with Crippen molar-refractivity contribution in [1.29, 1.82) is 0 Å². The predicted molar refractivity (Wildman–Crippen MR) is 34.9 cm³/mol. The molecule has 0 spiro atoms. The molecule has 3 rings (SSSR count). The van der Waals surface area contributed by atoms with Crippen LogP contribution < -0.4 is 0 Å². The molecule has 4 unspecified atom stereocenters. The molecule has 3 heteroatoms. The van der Waals surface area contributed by atoms with Gasteiger partial charge in [0.15, 0.2) is 0 Å². The van der Waals surface area contributed by atoms with Crippen LogP contribution in [0.1, 0.15) is 19.8 Å². The lowest BCUT2D eigenvalue weighted by Gasteiger charge is -2.34. The van der Waals surface area contributed by atoms with Crippen molar-refractivity contribution in [1.82, 2.24) is 0 Å². The second kappa shape index (κ2) is 1.93. The summed E-state index contributed by atoms with van der Waals surface area (Å²) in [7, 11) is 0. The summed E-state index contributed by atoms with van der Waals surface area (Å²) >= 11 is 0. The Kier molecular flexibility index (Phi) is 1.31. The van der Waals surface area contributed by atoms with E-state index in [1.165, 1.54) is 0 Å². The molecule has 64 valence electrons. The molecule has 3 fully saturated rings. The minimum Gasteiger partial charge on any atom is -0.171 e. The van der Waals surface area contributed by atoms with E-state index in [0.29, 0.717) is 18.3 Å². The Morgan fingerprint density at radius 1 is 1.18 bits per heavy atom. The monoisotopic (exact) mass is 164 g/mol. The van der Waals surface area contributed by atoms with Gasteiger partial charge in [-0.3, -0.25) is 0 Å². The number of alkyl halides is 3. The molecule has 2 bridgehead atoms. The summed E-state index contributed by atoms with van der Waals surface area (Å²) in [5.74, 6) is -0.296. The molecule has 0 heterocycles. The quantitative estimate of drug-likeness (QED) is 0.516. The van der Waals surface area contributed by atoms with Gasteiger partial charge in [-0.2, -0.15) is 13.2 Å². The first-order valence-electron chi connectivity index (χ1n) is 4.07. The van der Waals surface area contributed by atoms with Crippen molar-refractivity contribution in [3.8, 4) is 0 Å². The summed E-state index contributed by atoms with van der Waals surface area (Å²) in [6, 6.07) is 0. The van der Waals surface area contributed by atoms with Gasteiger partial charge in [-0.15, -0.1) is 0 Å². The number of rotatable bonds is 0. The van der Waals surface area contributed by atoms with Gasteiger partial charge in [-0.05, 0) is 30.6 Å². The Hall–Kier alpha value is -0.210. The fourth-order valence-corrected chi connectivity index (χ4v) is 2.65. The van der Waals surface area contributed by atoms with Crippen LogP contribution in [0, 0.1) is 23.7 Å². The normalized spacial score (nSPS) is 49.1. The smallest absolute Gasteiger partial charge is 0.171 e. The topological polar surface area (TPSA) is 0 Å². The summed E-state index contributed by atoms with van der Waals surface area (Å²) in [6.07, 6.45) is -2.70. The average molecular weight is 164 g/mol. The van der Waals surface area contributed by atoms with E-state index in [4.69, 9.17) is 0 Å². The van der Waals surface area contributed by atoms with Crippen LogP contribution in [0.25, 0.3) is 0 Å². The summed E-state index contributed by atoms with van der Waals surface area (Å²) in [5.41, 5.74) is 0. The van der Waals surface area contributed by atoms with Gasteiger partial charge in [0.25, 0.3) is 0 Å². The number of hydrogen-bond acceptors (Lipinski definition) is 0. The van der Waals surface area contributed by atoms with E-state index in [1.54, 1.807) is 0 Å². The highest BCUT2D eigenvalue weighted by Crippen LogP contribution is 2.60. The third kappa shape index (κ3) is 0.893. The lowest BCUT2D eigenvalue weighted by molar-refractivity contribution is -0.183. The fraction of sp³-hybridized carbons (Fsp3) is 1.00. The molecule has 0 aliphatic heterocycles. The van der Waals surface area contributed by atoms with E-state index >= 15 is 0 Å². The first-order chi connectivity index (χ1) is 5.00. The van der Waals surface area contributed by atoms with Gasteiger partial charge < -0.3 is 0 Å². The van der Waals surface area contributed by atoms with Crippen molar-refractivity contribution < 1.29 is 13.2 Å². The molecule has 3 aliphatic rings. The van der Waals surface area contributed by atoms with E-state index in [0.717, 1.165) is 6.42 Å². The molecule has 11 heavy (non-hydrogen) atoms. The van der Waals surface area contributed by atoms with Crippen molar-refractivity contribution in [2.75, 3.05) is 0 Å². The molecule has 0 aromatic carbocycles. The minimum atomic E-state index is -3.93. The molecule has 0 aromatic rings. The maximum atomic E-state index is 12.2. The van der Waals surface area contributed by atoms with Crippen LogP contribution in [0.5, 0.6) is 0 Å². The van der Waals surface area contributed by atoms with Crippen LogP contribution in [-0.4, -0.2) is 6.18 Å². The Morgan fingerprint density at radius 2 is 1.82 bits per heavy atom. The molecule has 0 saturated heterocycles. The zero-order chi connectivity index (χ0) is 8.22. The molecule has 3 aliphatic carbocycles. The lowest BCUT2D eigenvalue weighted by Crippen LogP contribution is -2.31. The van der Waals surface area contributed by atoms with Gasteiger partial charge in [0.05, 0.1) is 5.92 Å². The number of halogens is 3. The van der Waals surface area contributed by atoms with Crippen molar-refractivity contribution in [2.45, 2.75) is 25.9 Å². The van der Waals surface area contributed by atoms with Gasteiger partial charge in [-0.1, -0.05) is 6.92 Å². The first kappa shape index (κ1) is 7.44. The third-order valence-electron chi connectivity index (χ3n) is 3.49. The minimum absolute atomic E-state index is 0.0417. The van der Waals surface area contributed by atoms with Crippen LogP contribution in [-0.2, 0) is 0 Å². The maximum Gasteiger partial charge on any atom is 0.392 e. The molecular formula is C8H11F3. The first-order valence-corrected chi connectivity index (χ1v) is 4.07. The van der Waals surface area contributed by atoms with Crippen LogP contribution in [0.15, 0.2) is 0 Å². The second-order valence-corrected chi connectivity index (χ2v) is 3.90. The van der Waals surface area contributed by atoms with Crippen molar-refractivity contribution >= 4 is 0 Å². The standard InChI is InChI=1S/C8H11F3/c1-4-5-2-6(4)7(3-5)8(9,10)11/h4-7H,2-3H2,1H3. The van der Waals surface area contributed by atoms with Crippen molar-refractivity contribution in [3.05, 3.63) is 0 Å². The highest BCUT2D eigenvalue weighted by atomic mass is 19.4. The largest absolute Gasteiger partial charge is 0.392 e. The molecule has 0 amide bonds. The van der Waals surface area contributed by atoms with Crippen LogP contribution >= 0.6 is 0 Å². The Bertz CT molecular complexity index is 173. The highest BCUT2D eigenvalue weighted by molar-refractivity contribution is 5.01. The molecular weight excluding hydrogens is 153 g/mol. The van der Waals surface area contributed by atoms with Gasteiger partial charge in [-0.25, -0.2) is 0 Å². The van der Waals surface area contributed by atoms with Gasteiger partial charge >= 0.3 is 6.18 Å². The fourth-order valence-electron chi connectivity index (χ4n) is 2.65. The van der Waals surface area contributed by atoms with Crippen molar-refractivity contribution in [2.24, 2.45) is 23.7 Å². The number of hydrogen-bond donors (Lipinski definition) is 0. The Labute approximate surface area is 63.8 Å². The van der Waals surface area contributed by atoms with Crippen molar-refractivity contribution in [3.63, 3.8) is 0 Å². The lowest BCUT2D eigenvalue weighted by atomic mass is 9.72. The predicted octanol–water partition coefficient (Wildman–Crippen LogP) is 2.84. The molecule has 0 aromatic heterocycles. The summed E-state index contributed by atoms with van der Waals surface area (Å²) < 4.78 is 36.6. The third-order valence-corrected chi connectivity index (χ3v) is 3.49. The van der Waals surface area contributed by atoms with E-state index in [1.807, 2.05) is 6.92 Å². The van der Waals surface area contributed by atoms with Crippen LogP contribution in [0.2, 0.25) is 0 Å². The Morgan fingerprint density at radius 3 is 2.00 bits per heavy atom. The highest BCUT2D eigenvalue weighted by Gasteiger charge is 2.59. The molecule has 4 atom stereocenters. The second-order valence-electron chi connectivity index (χ2n) is 3.90. The van der Waals surface area contributed by atoms with Gasteiger partial charge in [0, 0.05) is 0 Å². The molecule has 0 radical (unpaired) electrons. The van der Waals surface area contributed by atoms with Gasteiger partial charge in [0.1, 0.15) is 0 Å². The van der Waals surface area contributed by atoms with E-state index < -0.39 is 12.1 Å². The van der Waals surface area contributed by atoms with E-state index in [9.17, 15) is 13.2 Å². The molecule has 0 N–H and O–H groups in total. The number of fused-ring (bicyclic) bond motifs is 1. The average Bonchev–Trinajstić information content (AvgIpc) is 2.38. The maximum absolute atomic E-state index is 12.2. The van der Waals surface area contributed by atoms with E-state index in [-0.39, 0.29) is 5.92 Å². The van der Waals surface area contributed by atoms with Crippen LogP contribution in [0.3, 0.4) is 0 Å². The summed E-state index contributed by atoms with van der Waals surface area (Å²) in [4.78, 5) is 0. The van der Waals surface area contributed by atoms with Crippen LogP contribution in [0.4, 0.5) is 13.2 Å². The zero-order valence-electron chi connectivity index (χ0n) is 6.36. The molecule has 0 nitrogen and oxygen atoms in total. The SMILES string of the molecule is CC1C2CC1C(C(F)(F)F)C2. The van der Waals surface area contributed by atoms with Gasteiger partial charge in [0.2, 0.25) is 0 Å². The Balaban J connectivity index is 2.10. The molecule has 3 saturated carbocycles. The van der Waals surface area contributed by atoms with E-state index in [2.05, 4.69) is 0 Å². The summed E-state index contributed by atoms with van der Waals surface area (Å²) in [5, 5.41) is 0. The summed E-state index contributed by atoms with van der Waals surface area (Å²) in [6.45, 7) is 1.95. The zero-order valence-corrected chi connectivity index (χ0v) is 6.36.